The van der Waals surface area contributed by atoms with Crippen LogP contribution in [-0.2, 0) is 41.5 Å². The van der Waals surface area contributed by atoms with E-state index in [-0.39, 0.29) is 23.4 Å². The van der Waals surface area contributed by atoms with Gasteiger partial charge in [0.1, 0.15) is 42.4 Å². The van der Waals surface area contributed by atoms with Crippen LogP contribution in [0.1, 0.15) is 32.4 Å². The van der Waals surface area contributed by atoms with Crippen LogP contribution in [0.3, 0.4) is 0 Å². The van der Waals surface area contributed by atoms with Gasteiger partial charge in [-0.15, -0.1) is 0 Å². The van der Waals surface area contributed by atoms with E-state index in [4.69, 9.17) is 19.9 Å². The number of phosphoric acid groups is 2. The van der Waals surface area contributed by atoms with Crippen molar-refractivity contribution in [3.63, 3.8) is 0 Å². The number of aromatic nitrogens is 4. The first-order chi connectivity index (χ1) is 19.7. The predicted octanol–water partition coefficient (Wildman–Crippen LogP) is -1.54. The second kappa shape index (κ2) is 13.2. The predicted molar refractivity (Wildman–Crippen MR) is 135 cm³/mol. The average molecular weight is 643 g/mol. The lowest BCUT2D eigenvalue weighted by molar-refractivity contribution is -0.156. The fourth-order valence-corrected chi connectivity index (χ4v) is 6.29. The summed E-state index contributed by atoms with van der Waals surface area (Å²) in [6.45, 7) is 0.0212. The quantitative estimate of drug-likeness (QED) is 0.0960. The summed E-state index contributed by atoms with van der Waals surface area (Å²) in [6, 6.07) is 0. The van der Waals surface area contributed by atoms with Gasteiger partial charge in [-0.3, -0.25) is 18.4 Å². The van der Waals surface area contributed by atoms with Gasteiger partial charge in [0.2, 0.25) is 0 Å². The van der Waals surface area contributed by atoms with E-state index in [9.17, 15) is 44.1 Å². The third kappa shape index (κ3) is 7.48. The number of fused-ring (bicyclic) bond motifs is 1. The molecule has 0 radical (unpaired) electrons. The van der Waals surface area contributed by atoms with Gasteiger partial charge in [0.05, 0.1) is 19.5 Å². The van der Waals surface area contributed by atoms with Crippen molar-refractivity contribution in [2.24, 2.45) is 0 Å². The van der Waals surface area contributed by atoms with Gasteiger partial charge in [0.25, 0.3) is 0 Å². The van der Waals surface area contributed by atoms with Crippen LogP contribution in [0.2, 0.25) is 0 Å². The molecular weight excluding hydrogens is 612 g/mol. The van der Waals surface area contributed by atoms with Gasteiger partial charge >= 0.3 is 21.6 Å². The number of nitrogens with two attached hydrogens (primary N) is 1. The second-order valence-corrected chi connectivity index (χ2v) is 12.4. The van der Waals surface area contributed by atoms with Gasteiger partial charge in [-0.25, -0.2) is 24.1 Å². The molecule has 0 aliphatic carbocycles. The first-order valence-electron chi connectivity index (χ1n) is 12.5. The van der Waals surface area contributed by atoms with E-state index >= 15 is 0 Å². The summed E-state index contributed by atoms with van der Waals surface area (Å²) in [5.74, 6) is -0.668. The summed E-state index contributed by atoms with van der Waals surface area (Å²) >= 11 is 0. The maximum atomic E-state index is 12.4. The summed E-state index contributed by atoms with van der Waals surface area (Å²) < 4.78 is 55.2. The first kappa shape index (κ1) is 32.7. The summed E-state index contributed by atoms with van der Waals surface area (Å²) in [7, 11) is -10.7. The van der Waals surface area contributed by atoms with Crippen molar-refractivity contribution < 1.29 is 71.7 Å². The molecule has 8 N–H and O–H groups in total. The minimum Gasteiger partial charge on any atom is -0.456 e. The molecule has 22 heteroatoms. The van der Waals surface area contributed by atoms with E-state index in [0.717, 1.165) is 6.33 Å². The number of aliphatic hydroxyl groups excluding tert-OH is 4. The van der Waals surface area contributed by atoms with Gasteiger partial charge < -0.3 is 50.2 Å². The number of anilines is 1. The molecule has 10 atom stereocenters. The summed E-state index contributed by atoms with van der Waals surface area (Å²) in [4.78, 5) is 43.7. The Bertz CT molecular complexity index is 1350. The first-order valence-corrected chi connectivity index (χ1v) is 15.5. The molecule has 0 saturated carbocycles. The molecule has 236 valence electrons. The minimum atomic E-state index is -5.37. The van der Waals surface area contributed by atoms with E-state index in [1.54, 1.807) is 0 Å². The lowest BCUT2D eigenvalue weighted by Crippen LogP contribution is -2.38. The maximum absolute atomic E-state index is 12.4. The Morgan fingerprint density at radius 1 is 1.00 bits per heavy atom. The number of aliphatic hydroxyl groups is 4. The van der Waals surface area contributed by atoms with Crippen molar-refractivity contribution in [3.8, 4) is 0 Å². The Hall–Kier alpha value is -2.16. The summed E-state index contributed by atoms with van der Waals surface area (Å²) in [6.07, 6.45) is -8.81. The monoisotopic (exact) mass is 643 g/mol. The van der Waals surface area contributed by atoms with Gasteiger partial charge in [0.15, 0.2) is 30.1 Å². The van der Waals surface area contributed by atoms with Crippen molar-refractivity contribution in [1.29, 1.82) is 0 Å². The Morgan fingerprint density at radius 3 is 2.33 bits per heavy atom. The summed E-state index contributed by atoms with van der Waals surface area (Å²) in [5.41, 5.74) is 6.10. The Labute approximate surface area is 237 Å². The lowest BCUT2D eigenvalue weighted by Gasteiger charge is -2.22. The number of carbonyl (C=O) groups excluding carboxylic acids is 1. The number of nitrogens with zero attached hydrogens (tertiary/aromatic N) is 4. The maximum Gasteiger partial charge on any atom is 0.481 e. The van der Waals surface area contributed by atoms with Crippen LogP contribution in [0.25, 0.3) is 11.2 Å². The fourth-order valence-electron chi connectivity index (χ4n) is 4.20. The number of unbranched alkanes of at least 4 members (excludes halogenated alkanes) is 1. The zero-order chi connectivity index (χ0) is 30.8. The van der Waals surface area contributed by atoms with E-state index in [0.29, 0.717) is 12.8 Å². The highest BCUT2D eigenvalue weighted by Crippen LogP contribution is 2.60. The number of phosphoric ester groups is 2. The zero-order valence-corrected chi connectivity index (χ0v) is 23.7. The smallest absolute Gasteiger partial charge is 0.456 e. The molecule has 0 spiro atoms. The number of hydrogen-bond donors (Lipinski definition) is 7. The third-order valence-corrected chi connectivity index (χ3v) is 8.92. The van der Waals surface area contributed by atoms with Crippen LogP contribution in [0, 0.1) is 0 Å². The number of nitrogen functional groups attached to an aromatic ring is 1. The van der Waals surface area contributed by atoms with E-state index in [1.807, 2.05) is 6.92 Å². The van der Waals surface area contributed by atoms with Crippen LogP contribution in [-0.4, -0.2) is 112 Å². The molecule has 0 amide bonds. The lowest BCUT2D eigenvalue weighted by atomic mass is 10.1. The van der Waals surface area contributed by atoms with Crippen molar-refractivity contribution >= 4 is 38.6 Å². The van der Waals surface area contributed by atoms with Crippen LogP contribution in [0.5, 0.6) is 0 Å². The Morgan fingerprint density at radius 2 is 1.67 bits per heavy atom. The SMILES string of the molecule is CCCCC(=O)O[C@H]1[C@H](COP(=O)(O)OP(=O)(O)OC[C@H]2O[C@@H](n3cnc4c(N)ncnc43)[C@H](O)[C@@H]2O)OC(O)[C@H]1O. The molecule has 20 nitrogen and oxygen atoms in total. The van der Waals surface area contributed by atoms with Crippen LogP contribution in [0.4, 0.5) is 5.82 Å². The highest BCUT2D eigenvalue weighted by molar-refractivity contribution is 7.61. The van der Waals surface area contributed by atoms with Crippen LogP contribution >= 0.6 is 15.6 Å². The molecule has 42 heavy (non-hydrogen) atoms. The van der Waals surface area contributed by atoms with Gasteiger partial charge in [-0.2, -0.15) is 4.31 Å². The zero-order valence-electron chi connectivity index (χ0n) is 21.9. The largest absolute Gasteiger partial charge is 0.481 e. The van der Waals surface area contributed by atoms with Crippen molar-refractivity contribution in [2.45, 2.75) is 75.3 Å². The highest BCUT2D eigenvalue weighted by Gasteiger charge is 2.48. The van der Waals surface area contributed by atoms with Crippen molar-refractivity contribution in [3.05, 3.63) is 12.7 Å². The second-order valence-electron chi connectivity index (χ2n) is 9.35. The molecule has 2 aromatic heterocycles. The number of ether oxygens (including phenoxy) is 3. The van der Waals surface area contributed by atoms with Gasteiger partial charge in [-0.05, 0) is 6.42 Å². The summed E-state index contributed by atoms with van der Waals surface area (Å²) in [5, 5.41) is 40.6. The molecule has 2 saturated heterocycles. The van der Waals surface area contributed by atoms with Gasteiger partial charge in [-0.1, -0.05) is 13.3 Å². The fraction of sp³-hybridized carbons (Fsp3) is 0.700. The normalized spacial score (nSPS) is 32.5. The standard InChI is InChI=1S/C20H31N5O15P2/c1-2-3-4-11(26)39-16-10(38-20(30)15(16)29)6-36-42(33,34)40-41(31,32)35-5-9-13(27)14(28)19(37-9)25-8-24-12-17(21)22-7-23-18(12)25/h7-10,13-16,19-20,27-30H,2-6H2,1H3,(H,31,32)(H,33,34)(H2,21,22,23)/t9-,10+,13-,14-,15+,16+,19-,20?/m1/s1. The number of esters is 1. The van der Waals surface area contributed by atoms with Crippen molar-refractivity contribution in [1.82, 2.24) is 19.5 Å². The van der Waals surface area contributed by atoms with Crippen LogP contribution in [0.15, 0.2) is 12.7 Å². The molecule has 2 aliphatic rings. The molecule has 2 aliphatic heterocycles. The molecule has 2 aromatic rings. The van der Waals surface area contributed by atoms with E-state index in [1.165, 1.54) is 10.9 Å². The Balaban J connectivity index is 1.32. The minimum absolute atomic E-state index is 0.00905. The molecule has 4 heterocycles. The molecular formula is C20H31N5O15P2. The number of hydrogen-bond acceptors (Lipinski definition) is 17. The van der Waals surface area contributed by atoms with Gasteiger partial charge in [0, 0.05) is 6.42 Å². The number of rotatable bonds is 13. The van der Waals surface area contributed by atoms with E-state index < -0.39 is 84.0 Å². The van der Waals surface area contributed by atoms with Crippen molar-refractivity contribution in [2.75, 3.05) is 18.9 Å². The average Bonchev–Trinajstić information content (AvgIpc) is 3.55. The molecule has 0 aromatic carbocycles. The highest BCUT2D eigenvalue weighted by atomic mass is 31.3. The molecule has 3 unspecified atom stereocenters. The van der Waals surface area contributed by atoms with E-state index in [2.05, 4.69) is 28.3 Å². The number of carbonyl (C=O) groups is 1. The Kier molecular flexibility index (Phi) is 10.3. The molecule has 2 fully saturated rings. The topological polar surface area (TPSA) is 298 Å². The third-order valence-electron chi connectivity index (χ3n) is 6.32. The molecule has 4 rings (SSSR count). The van der Waals surface area contributed by atoms with Crippen LogP contribution < -0.4 is 5.73 Å². The number of imidazole rings is 1. The molecule has 0 bridgehead atoms.